The number of aryl methyl sites for hydroxylation is 2. The Kier molecular flexibility index (Phi) is 10.2. The molecular weight excluding hydrogens is 480 g/mol. The maximum Gasteiger partial charge on any atom is 0.292 e. The molecule has 38 heavy (non-hydrogen) atoms. The Balaban J connectivity index is 0.000000212. The fourth-order valence-corrected chi connectivity index (χ4v) is 3.83. The second kappa shape index (κ2) is 13.8. The van der Waals surface area contributed by atoms with Crippen molar-refractivity contribution >= 4 is 22.7 Å². The van der Waals surface area contributed by atoms with Gasteiger partial charge in [0.25, 0.3) is 5.69 Å². The van der Waals surface area contributed by atoms with Gasteiger partial charge in [-0.15, -0.1) is 0 Å². The number of rotatable bonds is 9. The van der Waals surface area contributed by atoms with E-state index >= 15 is 0 Å². The highest BCUT2D eigenvalue weighted by atomic mass is 16.6. The summed E-state index contributed by atoms with van der Waals surface area (Å²) >= 11 is 0. The average molecular weight is 515 g/mol. The summed E-state index contributed by atoms with van der Waals surface area (Å²) in [7, 11) is 0. The first-order valence-electron chi connectivity index (χ1n) is 12.3. The van der Waals surface area contributed by atoms with Gasteiger partial charge in [0.05, 0.1) is 29.5 Å². The van der Waals surface area contributed by atoms with E-state index in [4.69, 9.17) is 15.9 Å². The van der Waals surface area contributed by atoms with Crippen LogP contribution in [0.1, 0.15) is 33.4 Å². The van der Waals surface area contributed by atoms with Crippen molar-refractivity contribution in [3.63, 3.8) is 0 Å². The van der Waals surface area contributed by atoms with Crippen LogP contribution in [0.2, 0.25) is 0 Å². The largest absolute Gasteiger partial charge is 0.397 e. The monoisotopic (exact) mass is 514 g/mol. The van der Waals surface area contributed by atoms with Crippen LogP contribution in [0.4, 0.5) is 22.7 Å². The van der Waals surface area contributed by atoms with Crippen molar-refractivity contribution in [2.45, 2.75) is 40.2 Å². The number of nitro benzene ring substituents is 1. The zero-order valence-corrected chi connectivity index (χ0v) is 21.6. The van der Waals surface area contributed by atoms with Crippen molar-refractivity contribution in [3.8, 4) is 0 Å². The van der Waals surface area contributed by atoms with Crippen molar-refractivity contribution < 1.29 is 15.1 Å². The van der Waals surface area contributed by atoms with Gasteiger partial charge in [-0.05, 0) is 71.5 Å². The molecule has 8 nitrogen and oxygen atoms in total. The molecule has 0 saturated carbocycles. The van der Waals surface area contributed by atoms with Crippen LogP contribution in [-0.4, -0.2) is 15.1 Å². The average Bonchev–Trinajstić information content (AvgIpc) is 2.93. The van der Waals surface area contributed by atoms with Gasteiger partial charge in [0.2, 0.25) is 0 Å². The molecule has 0 fully saturated rings. The molecule has 0 aliphatic carbocycles. The summed E-state index contributed by atoms with van der Waals surface area (Å²) in [6.07, 6.45) is 0. The predicted molar refractivity (Wildman–Crippen MR) is 153 cm³/mol. The van der Waals surface area contributed by atoms with Crippen LogP contribution < -0.4 is 16.4 Å². The first-order chi connectivity index (χ1) is 18.3. The second-order valence-corrected chi connectivity index (χ2v) is 8.91. The van der Waals surface area contributed by atoms with Crippen LogP contribution in [0.3, 0.4) is 0 Å². The van der Waals surface area contributed by atoms with Gasteiger partial charge in [0.1, 0.15) is 5.69 Å². The molecule has 0 aliphatic rings. The molecule has 0 unspecified atom stereocenters. The molecule has 8 heteroatoms. The van der Waals surface area contributed by atoms with E-state index in [1.807, 2.05) is 61.5 Å². The summed E-state index contributed by atoms with van der Waals surface area (Å²) in [5.74, 6) is 0. The number of aliphatic hydroxyl groups is 2. The van der Waals surface area contributed by atoms with Gasteiger partial charge in [-0.25, -0.2) is 0 Å². The summed E-state index contributed by atoms with van der Waals surface area (Å²) in [6, 6.07) is 26.2. The molecule has 0 saturated heterocycles. The maximum atomic E-state index is 11.0. The highest BCUT2D eigenvalue weighted by Crippen LogP contribution is 2.26. The Morgan fingerprint density at radius 1 is 0.737 bits per heavy atom. The van der Waals surface area contributed by atoms with E-state index in [1.165, 1.54) is 17.2 Å². The summed E-state index contributed by atoms with van der Waals surface area (Å²) in [4.78, 5) is 10.6. The van der Waals surface area contributed by atoms with Gasteiger partial charge in [0, 0.05) is 19.2 Å². The third-order valence-corrected chi connectivity index (χ3v) is 6.20. The zero-order valence-electron chi connectivity index (χ0n) is 21.6. The molecule has 0 atom stereocenters. The highest BCUT2D eigenvalue weighted by molar-refractivity contribution is 5.67. The maximum absolute atomic E-state index is 11.0. The Labute approximate surface area is 222 Å². The number of anilines is 3. The predicted octanol–water partition coefficient (Wildman–Crippen LogP) is 5.69. The van der Waals surface area contributed by atoms with Crippen molar-refractivity contribution in [1.29, 1.82) is 0 Å². The minimum Gasteiger partial charge on any atom is -0.397 e. The van der Waals surface area contributed by atoms with E-state index in [2.05, 4.69) is 29.7 Å². The minimum atomic E-state index is -0.429. The number of hydrogen-bond donors (Lipinski definition) is 5. The molecule has 0 aromatic heterocycles. The molecule has 4 aromatic rings. The second-order valence-electron chi connectivity index (χ2n) is 8.91. The van der Waals surface area contributed by atoms with Gasteiger partial charge in [-0.2, -0.15) is 0 Å². The van der Waals surface area contributed by atoms with E-state index in [-0.39, 0.29) is 18.9 Å². The normalized spacial score (nSPS) is 10.3. The lowest BCUT2D eigenvalue weighted by Crippen LogP contribution is -2.04. The molecule has 0 aliphatic heterocycles. The molecule has 0 spiro atoms. The number of benzene rings is 4. The Morgan fingerprint density at radius 3 is 1.71 bits per heavy atom. The fraction of sp³-hybridized carbons (Fsp3) is 0.200. The fourth-order valence-electron chi connectivity index (χ4n) is 3.83. The standard InChI is InChI=1S/C15H16N2O3.C15H18N2O/c1-11-4-2-3-5-13(11)9-16-14-8-12(10-18)6-7-15(14)17(19)20;1-11-4-2-3-5-13(11)9-17-15-8-12(10-18)6-7-14(15)16/h2-8,16,18H,9-10H2,1H3;2-8,17-18H,9-10,16H2,1H3. The van der Waals surface area contributed by atoms with Crippen LogP contribution in [0.5, 0.6) is 0 Å². The van der Waals surface area contributed by atoms with Gasteiger partial charge in [0.15, 0.2) is 0 Å². The molecule has 0 bridgehead atoms. The summed E-state index contributed by atoms with van der Waals surface area (Å²) in [5, 5.41) is 35.6. The van der Waals surface area contributed by atoms with Gasteiger partial charge < -0.3 is 26.6 Å². The van der Waals surface area contributed by atoms with Gasteiger partial charge >= 0.3 is 0 Å². The molecule has 4 aromatic carbocycles. The molecule has 4 rings (SSSR count). The number of nitrogens with one attached hydrogen (secondary N) is 2. The summed E-state index contributed by atoms with van der Waals surface area (Å²) in [6.45, 7) is 5.20. The SMILES string of the molecule is Cc1ccccc1CNc1cc(CO)ccc1N.Cc1ccccc1CNc1cc(CO)ccc1[N+](=O)[O-]. The van der Waals surface area contributed by atoms with E-state index < -0.39 is 4.92 Å². The third-order valence-electron chi connectivity index (χ3n) is 6.20. The van der Waals surface area contributed by atoms with E-state index in [0.29, 0.717) is 23.5 Å². The Hall–Kier alpha value is -4.40. The molecule has 0 heterocycles. The molecule has 198 valence electrons. The molecule has 6 N–H and O–H groups in total. The van der Waals surface area contributed by atoms with Crippen molar-refractivity contribution in [2.24, 2.45) is 0 Å². The van der Waals surface area contributed by atoms with Crippen LogP contribution in [0.15, 0.2) is 84.9 Å². The molecule has 0 amide bonds. The summed E-state index contributed by atoms with van der Waals surface area (Å²) in [5.41, 5.74) is 14.1. The first-order valence-corrected chi connectivity index (χ1v) is 12.3. The van der Waals surface area contributed by atoms with Crippen LogP contribution in [0, 0.1) is 24.0 Å². The van der Waals surface area contributed by atoms with Crippen molar-refractivity contribution in [2.75, 3.05) is 16.4 Å². The highest BCUT2D eigenvalue weighted by Gasteiger charge is 2.14. The van der Waals surface area contributed by atoms with E-state index in [9.17, 15) is 10.1 Å². The van der Waals surface area contributed by atoms with Crippen LogP contribution >= 0.6 is 0 Å². The number of aliphatic hydroxyl groups excluding tert-OH is 2. The lowest BCUT2D eigenvalue weighted by molar-refractivity contribution is -0.384. The molecule has 0 radical (unpaired) electrons. The topological polar surface area (TPSA) is 134 Å². The van der Waals surface area contributed by atoms with Gasteiger partial charge in [-0.1, -0.05) is 54.6 Å². The first kappa shape index (κ1) is 28.2. The van der Waals surface area contributed by atoms with E-state index in [1.54, 1.807) is 12.1 Å². The smallest absolute Gasteiger partial charge is 0.292 e. The number of nitrogens with two attached hydrogens (primary N) is 1. The Bertz CT molecular complexity index is 1370. The lowest BCUT2D eigenvalue weighted by atomic mass is 10.1. The van der Waals surface area contributed by atoms with Crippen LogP contribution in [0.25, 0.3) is 0 Å². The number of nitrogen functional groups attached to an aromatic ring is 1. The number of hydrogen-bond acceptors (Lipinski definition) is 7. The minimum absolute atomic E-state index is 0.00999. The Morgan fingerprint density at radius 2 is 1.21 bits per heavy atom. The molecular formula is C30H34N4O4. The summed E-state index contributed by atoms with van der Waals surface area (Å²) < 4.78 is 0. The number of nitro groups is 1. The number of nitrogens with zero attached hydrogens (tertiary/aromatic N) is 1. The van der Waals surface area contributed by atoms with Crippen molar-refractivity contribution in [3.05, 3.63) is 128 Å². The van der Waals surface area contributed by atoms with Gasteiger partial charge in [-0.3, -0.25) is 10.1 Å². The lowest BCUT2D eigenvalue weighted by Gasteiger charge is -2.12. The van der Waals surface area contributed by atoms with Crippen LogP contribution in [-0.2, 0) is 26.3 Å². The quantitative estimate of drug-likeness (QED) is 0.110. The third kappa shape index (κ3) is 7.80. The van der Waals surface area contributed by atoms with E-state index in [0.717, 1.165) is 28.9 Å². The zero-order chi connectivity index (χ0) is 27.5. The van der Waals surface area contributed by atoms with Crippen molar-refractivity contribution in [1.82, 2.24) is 0 Å².